The van der Waals surface area contributed by atoms with Crippen LogP contribution >= 0.6 is 33.9 Å². The molecule has 2 aromatic rings. The van der Waals surface area contributed by atoms with Gasteiger partial charge in [-0.2, -0.15) is 0 Å². The van der Waals surface area contributed by atoms with Crippen LogP contribution in [0.4, 0.5) is 0 Å². The second-order valence-electron chi connectivity index (χ2n) is 2.83. The largest absolute Gasteiger partial charge is 0.297 e. The molecule has 0 bridgehead atoms. The number of aldehydes is 1. The van der Waals surface area contributed by atoms with Crippen molar-refractivity contribution in [1.82, 2.24) is 0 Å². The highest BCUT2D eigenvalue weighted by atomic mass is 127. The van der Waals surface area contributed by atoms with E-state index >= 15 is 0 Å². The molecule has 0 aliphatic heterocycles. The van der Waals surface area contributed by atoms with Crippen LogP contribution in [0.2, 0.25) is 0 Å². The van der Waals surface area contributed by atoms with Gasteiger partial charge in [0, 0.05) is 8.45 Å². The van der Waals surface area contributed by atoms with Gasteiger partial charge in [-0.25, -0.2) is 0 Å². The molecule has 0 aliphatic carbocycles. The topological polar surface area (TPSA) is 17.1 Å². The van der Waals surface area contributed by atoms with Crippen LogP contribution in [0.25, 0.3) is 10.4 Å². The Balaban J connectivity index is 2.39. The van der Waals surface area contributed by atoms with Crippen LogP contribution in [0.3, 0.4) is 0 Å². The molecule has 0 fully saturated rings. The molecule has 0 saturated carbocycles. The fourth-order valence-corrected chi connectivity index (χ4v) is 2.37. The van der Waals surface area contributed by atoms with E-state index in [0.717, 1.165) is 16.0 Å². The number of benzene rings is 1. The summed E-state index contributed by atoms with van der Waals surface area (Å²) < 4.78 is 1.22. The van der Waals surface area contributed by atoms with Gasteiger partial charge in [0.05, 0.1) is 4.88 Å². The molecular formula is C11H7IOS. The SMILES string of the molecule is O=Cc1ccc(-c2ccc(I)cc2)s1. The molecule has 0 unspecified atom stereocenters. The van der Waals surface area contributed by atoms with Crippen molar-refractivity contribution in [2.24, 2.45) is 0 Å². The Kier molecular flexibility index (Phi) is 2.98. The van der Waals surface area contributed by atoms with Crippen molar-refractivity contribution in [3.63, 3.8) is 0 Å². The first-order valence-corrected chi connectivity index (χ1v) is 6.00. The smallest absolute Gasteiger partial charge is 0.160 e. The minimum Gasteiger partial charge on any atom is -0.297 e. The van der Waals surface area contributed by atoms with Gasteiger partial charge in [-0.3, -0.25) is 4.79 Å². The number of hydrogen-bond acceptors (Lipinski definition) is 2. The van der Waals surface area contributed by atoms with E-state index in [1.165, 1.54) is 20.5 Å². The average Bonchev–Trinajstić information content (AvgIpc) is 2.67. The van der Waals surface area contributed by atoms with E-state index in [0.29, 0.717) is 0 Å². The van der Waals surface area contributed by atoms with Gasteiger partial charge in [-0.1, -0.05) is 12.1 Å². The van der Waals surface area contributed by atoms with Gasteiger partial charge >= 0.3 is 0 Å². The van der Waals surface area contributed by atoms with E-state index in [2.05, 4.69) is 46.9 Å². The van der Waals surface area contributed by atoms with Gasteiger partial charge in [0.1, 0.15) is 0 Å². The quantitative estimate of drug-likeness (QED) is 0.608. The first-order chi connectivity index (χ1) is 6.79. The van der Waals surface area contributed by atoms with Gasteiger partial charge in [0.25, 0.3) is 0 Å². The van der Waals surface area contributed by atoms with Crippen molar-refractivity contribution in [3.8, 4) is 10.4 Å². The Hall–Kier alpha value is -0.680. The van der Waals surface area contributed by atoms with E-state index in [1.807, 2.05) is 12.1 Å². The van der Waals surface area contributed by atoms with Gasteiger partial charge in [0.2, 0.25) is 0 Å². The van der Waals surface area contributed by atoms with Gasteiger partial charge in [-0.05, 0) is 52.4 Å². The zero-order valence-electron chi connectivity index (χ0n) is 7.24. The molecule has 1 nitrogen and oxygen atoms in total. The predicted octanol–water partition coefficient (Wildman–Crippen LogP) is 3.83. The monoisotopic (exact) mass is 314 g/mol. The summed E-state index contributed by atoms with van der Waals surface area (Å²) in [7, 11) is 0. The molecule has 0 N–H and O–H groups in total. The summed E-state index contributed by atoms with van der Waals surface area (Å²) in [6.07, 6.45) is 0.890. The molecule has 0 radical (unpaired) electrons. The highest BCUT2D eigenvalue weighted by Crippen LogP contribution is 2.27. The first kappa shape index (κ1) is 9.86. The molecule has 1 heterocycles. The van der Waals surface area contributed by atoms with E-state index in [1.54, 1.807) is 0 Å². The Morgan fingerprint density at radius 3 is 2.36 bits per heavy atom. The zero-order chi connectivity index (χ0) is 9.97. The number of carbonyl (C=O) groups is 1. The van der Waals surface area contributed by atoms with E-state index < -0.39 is 0 Å². The number of halogens is 1. The third-order valence-electron chi connectivity index (χ3n) is 1.87. The molecule has 70 valence electrons. The van der Waals surface area contributed by atoms with Crippen molar-refractivity contribution < 1.29 is 4.79 Å². The highest BCUT2D eigenvalue weighted by Gasteiger charge is 2.01. The number of hydrogen-bond donors (Lipinski definition) is 0. The summed E-state index contributed by atoms with van der Waals surface area (Å²) in [5.41, 5.74) is 1.17. The van der Waals surface area contributed by atoms with Crippen LogP contribution in [0.5, 0.6) is 0 Å². The molecule has 2 rings (SSSR count). The van der Waals surface area contributed by atoms with Gasteiger partial charge < -0.3 is 0 Å². The van der Waals surface area contributed by atoms with Crippen LogP contribution in [-0.4, -0.2) is 6.29 Å². The molecule has 1 aromatic heterocycles. The van der Waals surface area contributed by atoms with Crippen LogP contribution < -0.4 is 0 Å². The molecule has 3 heteroatoms. The van der Waals surface area contributed by atoms with Gasteiger partial charge in [-0.15, -0.1) is 11.3 Å². The van der Waals surface area contributed by atoms with Crippen molar-refractivity contribution in [1.29, 1.82) is 0 Å². The summed E-state index contributed by atoms with van der Waals surface area (Å²) in [5.74, 6) is 0. The lowest BCUT2D eigenvalue weighted by Crippen LogP contribution is -1.72. The molecule has 0 saturated heterocycles. The maximum absolute atomic E-state index is 10.5. The third-order valence-corrected chi connectivity index (χ3v) is 3.65. The minimum absolute atomic E-state index is 0.776. The molecule has 14 heavy (non-hydrogen) atoms. The number of thiophene rings is 1. The molecule has 0 aliphatic rings. The molecule has 0 spiro atoms. The van der Waals surface area contributed by atoms with Crippen molar-refractivity contribution in [2.75, 3.05) is 0 Å². The van der Waals surface area contributed by atoms with Crippen LogP contribution in [-0.2, 0) is 0 Å². The first-order valence-electron chi connectivity index (χ1n) is 4.10. The third kappa shape index (κ3) is 2.04. The normalized spacial score (nSPS) is 10.1. The van der Waals surface area contributed by atoms with E-state index in [9.17, 15) is 4.79 Å². The summed E-state index contributed by atoms with van der Waals surface area (Å²) in [4.78, 5) is 12.4. The Bertz CT molecular complexity index is 445. The lowest BCUT2D eigenvalue weighted by molar-refractivity contribution is 0.112. The van der Waals surface area contributed by atoms with E-state index in [-0.39, 0.29) is 0 Å². The predicted molar refractivity (Wildman–Crippen MR) is 67.9 cm³/mol. The lowest BCUT2D eigenvalue weighted by atomic mass is 10.2. The molecule has 0 atom stereocenters. The molecular weight excluding hydrogens is 307 g/mol. The summed E-state index contributed by atoms with van der Waals surface area (Å²) >= 11 is 3.80. The zero-order valence-corrected chi connectivity index (χ0v) is 10.2. The Morgan fingerprint density at radius 2 is 1.79 bits per heavy atom. The average molecular weight is 314 g/mol. The van der Waals surface area contributed by atoms with Gasteiger partial charge in [0.15, 0.2) is 6.29 Å². The summed E-state index contributed by atoms with van der Waals surface area (Å²) in [5, 5.41) is 0. The standard InChI is InChI=1S/C11H7IOS/c12-9-3-1-8(2-4-9)11-6-5-10(7-13)14-11/h1-7H. The Labute approximate surface area is 99.9 Å². The number of rotatable bonds is 2. The van der Waals surface area contributed by atoms with Crippen molar-refractivity contribution in [3.05, 3.63) is 44.8 Å². The van der Waals surface area contributed by atoms with Crippen LogP contribution in [0.1, 0.15) is 9.67 Å². The Morgan fingerprint density at radius 1 is 1.07 bits per heavy atom. The highest BCUT2D eigenvalue weighted by molar-refractivity contribution is 14.1. The second kappa shape index (κ2) is 4.23. The summed E-state index contributed by atoms with van der Waals surface area (Å²) in [6.45, 7) is 0. The minimum atomic E-state index is 0.776. The molecule has 0 amide bonds. The maximum Gasteiger partial charge on any atom is 0.160 e. The van der Waals surface area contributed by atoms with Crippen molar-refractivity contribution >= 4 is 40.2 Å². The maximum atomic E-state index is 10.5. The number of carbonyl (C=O) groups excluding carboxylic acids is 1. The lowest BCUT2D eigenvalue weighted by Gasteiger charge is -1.96. The van der Waals surface area contributed by atoms with E-state index in [4.69, 9.17) is 0 Å². The molecule has 1 aromatic carbocycles. The fourth-order valence-electron chi connectivity index (χ4n) is 1.19. The second-order valence-corrected chi connectivity index (χ2v) is 5.19. The summed E-state index contributed by atoms with van der Waals surface area (Å²) in [6, 6.07) is 12.1. The fraction of sp³-hybridized carbons (Fsp3) is 0. The van der Waals surface area contributed by atoms with Crippen LogP contribution in [0, 0.1) is 3.57 Å². The van der Waals surface area contributed by atoms with Crippen molar-refractivity contribution in [2.45, 2.75) is 0 Å². The van der Waals surface area contributed by atoms with Crippen LogP contribution in [0.15, 0.2) is 36.4 Å².